The zero-order valence-electron chi connectivity index (χ0n) is 14.5. The third-order valence-electron chi connectivity index (χ3n) is 1.81. The number of allylic oxidation sites excluding steroid dienone is 6. The van der Waals surface area contributed by atoms with Crippen LogP contribution in [0.15, 0.2) is 36.5 Å². The van der Waals surface area contributed by atoms with E-state index in [0.717, 1.165) is 0 Å². The molecule has 0 aromatic heterocycles. The first-order valence-corrected chi connectivity index (χ1v) is 14.2. The molecule has 0 spiro atoms. The van der Waals surface area contributed by atoms with E-state index in [2.05, 4.69) is 85.9 Å². The van der Waals surface area contributed by atoms with Crippen molar-refractivity contribution in [1.82, 2.24) is 0 Å². The molecule has 0 atom stereocenters. The Balaban J connectivity index is 4.23. The summed E-state index contributed by atoms with van der Waals surface area (Å²) < 4.78 is 0. The molecular weight excluding hydrogens is 296 g/mol. The van der Waals surface area contributed by atoms with Crippen molar-refractivity contribution in [3.8, 4) is 46.6 Å². The summed E-state index contributed by atoms with van der Waals surface area (Å²) in [5.74, 6) is 17.6. The zero-order chi connectivity index (χ0) is 16.9. The van der Waals surface area contributed by atoms with Crippen molar-refractivity contribution < 1.29 is 0 Å². The van der Waals surface area contributed by atoms with Crippen LogP contribution in [0.25, 0.3) is 0 Å². The summed E-state index contributed by atoms with van der Waals surface area (Å²) in [6.45, 7) is 13.3. The van der Waals surface area contributed by atoms with Crippen LogP contribution in [0.2, 0.25) is 39.3 Å². The molecule has 0 rings (SSSR count). The fourth-order valence-corrected chi connectivity index (χ4v) is 1.99. The Bertz CT molecular complexity index is 613. The van der Waals surface area contributed by atoms with Crippen molar-refractivity contribution in [2.45, 2.75) is 39.3 Å². The van der Waals surface area contributed by atoms with Crippen LogP contribution in [0.5, 0.6) is 0 Å². The van der Waals surface area contributed by atoms with Gasteiger partial charge >= 0.3 is 0 Å². The first-order chi connectivity index (χ1) is 10.2. The van der Waals surface area contributed by atoms with Crippen LogP contribution >= 0.6 is 0 Å². The lowest BCUT2D eigenvalue weighted by Crippen LogP contribution is -2.16. The van der Waals surface area contributed by atoms with Crippen molar-refractivity contribution in [3.63, 3.8) is 0 Å². The Morgan fingerprint density at radius 2 is 0.636 bits per heavy atom. The number of hydrogen-bond acceptors (Lipinski definition) is 0. The van der Waals surface area contributed by atoms with Crippen LogP contribution in [0.4, 0.5) is 0 Å². The van der Waals surface area contributed by atoms with Crippen LogP contribution < -0.4 is 0 Å². The van der Waals surface area contributed by atoms with Gasteiger partial charge in [0.1, 0.15) is 16.1 Å². The van der Waals surface area contributed by atoms with Crippen LogP contribution in [0.3, 0.4) is 0 Å². The van der Waals surface area contributed by atoms with Crippen LogP contribution in [-0.2, 0) is 0 Å². The molecule has 0 fully saturated rings. The molecule has 0 saturated carbocycles. The maximum absolute atomic E-state index is 3.24. The SMILES string of the molecule is C[Si](C)(C)C#C/C=C/C#C/C=C/C#C/C=C/C#C[Si](C)(C)C. The van der Waals surface area contributed by atoms with Crippen molar-refractivity contribution in [3.05, 3.63) is 36.5 Å². The fourth-order valence-electron chi connectivity index (χ4n) is 0.959. The summed E-state index contributed by atoms with van der Waals surface area (Å²) in [5, 5.41) is 0. The topological polar surface area (TPSA) is 0 Å². The minimum atomic E-state index is -1.27. The predicted molar refractivity (Wildman–Crippen MR) is 105 cm³/mol. The van der Waals surface area contributed by atoms with Gasteiger partial charge in [-0.2, -0.15) is 0 Å². The lowest BCUT2D eigenvalue weighted by Gasteiger charge is -2.01. The summed E-state index contributed by atoms with van der Waals surface area (Å²) in [5.41, 5.74) is 6.49. The Morgan fingerprint density at radius 1 is 0.409 bits per heavy atom. The normalized spacial score (nSPS) is 11.0. The molecule has 0 radical (unpaired) electrons. The second kappa shape index (κ2) is 10.6. The van der Waals surface area contributed by atoms with E-state index >= 15 is 0 Å². The van der Waals surface area contributed by atoms with Crippen molar-refractivity contribution in [2.24, 2.45) is 0 Å². The second-order valence-corrected chi connectivity index (χ2v) is 16.1. The van der Waals surface area contributed by atoms with Crippen LogP contribution in [0.1, 0.15) is 0 Å². The molecule has 0 aliphatic rings. The number of hydrogen-bond donors (Lipinski definition) is 0. The molecule has 0 nitrogen and oxygen atoms in total. The number of rotatable bonds is 0. The second-order valence-electron chi connectivity index (χ2n) is 6.62. The van der Waals surface area contributed by atoms with E-state index in [1.165, 1.54) is 0 Å². The van der Waals surface area contributed by atoms with Gasteiger partial charge in [-0.05, 0) is 36.5 Å². The maximum atomic E-state index is 3.24. The van der Waals surface area contributed by atoms with E-state index in [-0.39, 0.29) is 0 Å². The van der Waals surface area contributed by atoms with Gasteiger partial charge < -0.3 is 0 Å². The monoisotopic (exact) mass is 320 g/mol. The van der Waals surface area contributed by atoms with Crippen LogP contribution in [-0.4, -0.2) is 16.1 Å². The van der Waals surface area contributed by atoms with Gasteiger partial charge in [0.05, 0.1) is 0 Å². The van der Waals surface area contributed by atoms with Gasteiger partial charge in [-0.15, -0.1) is 11.1 Å². The highest BCUT2D eigenvalue weighted by molar-refractivity contribution is 6.84. The molecule has 0 aromatic carbocycles. The Labute approximate surface area is 138 Å². The summed E-state index contributed by atoms with van der Waals surface area (Å²) in [6, 6.07) is 0. The fraction of sp³-hybridized carbons (Fsp3) is 0.300. The highest BCUT2D eigenvalue weighted by Gasteiger charge is 2.06. The van der Waals surface area contributed by atoms with E-state index in [1.807, 2.05) is 0 Å². The van der Waals surface area contributed by atoms with Gasteiger partial charge in [-0.1, -0.05) is 74.8 Å². The van der Waals surface area contributed by atoms with Gasteiger partial charge in [-0.3, -0.25) is 0 Å². The molecule has 0 aliphatic heterocycles. The minimum Gasteiger partial charge on any atom is -0.127 e. The first-order valence-electron chi connectivity index (χ1n) is 7.23. The summed E-state index contributed by atoms with van der Waals surface area (Å²) in [7, 11) is -2.55. The smallest absolute Gasteiger partial charge is 0.127 e. The molecule has 112 valence electrons. The van der Waals surface area contributed by atoms with Crippen molar-refractivity contribution in [2.75, 3.05) is 0 Å². The van der Waals surface area contributed by atoms with Crippen molar-refractivity contribution >= 4 is 16.1 Å². The average Bonchev–Trinajstić information content (AvgIpc) is 2.36. The van der Waals surface area contributed by atoms with Gasteiger partial charge in [0, 0.05) is 0 Å². The summed E-state index contributed by atoms with van der Waals surface area (Å²) in [6.07, 6.45) is 10.6. The molecule has 0 saturated heterocycles. The maximum Gasteiger partial charge on any atom is 0.129 e. The molecule has 0 unspecified atom stereocenters. The average molecular weight is 321 g/mol. The molecule has 0 amide bonds. The quantitative estimate of drug-likeness (QED) is 0.458. The minimum absolute atomic E-state index is 1.27. The zero-order valence-corrected chi connectivity index (χ0v) is 16.5. The lowest BCUT2D eigenvalue weighted by atomic mass is 10.4. The van der Waals surface area contributed by atoms with Crippen molar-refractivity contribution in [1.29, 1.82) is 0 Å². The lowest BCUT2D eigenvalue weighted by molar-refractivity contribution is 1.81. The third-order valence-corrected chi connectivity index (χ3v) is 3.60. The first kappa shape index (κ1) is 19.9. The van der Waals surface area contributed by atoms with E-state index in [1.54, 1.807) is 36.5 Å². The standard InChI is InChI=1S/C20H24Si2/c1-21(2,3)19-17-15-13-11-9-7-8-10-12-14-16-18-20-22(4,5)6/h7-8,13-16H,1-6H3/b8-7+,15-13+,16-14+. The van der Waals surface area contributed by atoms with Gasteiger partial charge in [0.15, 0.2) is 0 Å². The van der Waals surface area contributed by atoms with Gasteiger partial charge in [-0.25, -0.2) is 0 Å². The third kappa shape index (κ3) is 17.9. The largest absolute Gasteiger partial charge is 0.129 e. The molecular formula is C20H24Si2. The predicted octanol–water partition coefficient (Wildman–Crippen LogP) is 4.42. The van der Waals surface area contributed by atoms with Gasteiger partial charge in [0.25, 0.3) is 0 Å². The van der Waals surface area contributed by atoms with Crippen LogP contribution in [0, 0.1) is 46.6 Å². The van der Waals surface area contributed by atoms with E-state index in [9.17, 15) is 0 Å². The Morgan fingerprint density at radius 3 is 0.864 bits per heavy atom. The molecule has 0 aromatic rings. The molecule has 0 aliphatic carbocycles. The Hall–Kier alpha value is -2.11. The molecule has 0 heterocycles. The summed E-state index contributed by atoms with van der Waals surface area (Å²) >= 11 is 0. The highest BCUT2D eigenvalue weighted by atomic mass is 28.3. The highest BCUT2D eigenvalue weighted by Crippen LogP contribution is 1.96. The van der Waals surface area contributed by atoms with E-state index in [4.69, 9.17) is 0 Å². The van der Waals surface area contributed by atoms with E-state index < -0.39 is 16.1 Å². The molecule has 22 heavy (non-hydrogen) atoms. The van der Waals surface area contributed by atoms with E-state index in [0.29, 0.717) is 0 Å². The van der Waals surface area contributed by atoms with Gasteiger partial charge in [0.2, 0.25) is 0 Å². The molecule has 2 heteroatoms. The molecule has 0 bridgehead atoms. The summed E-state index contributed by atoms with van der Waals surface area (Å²) in [4.78, 5) is 0. The Kier molecular flexibility index (Phi) is 9.58. The molecule has 0 N–H and O–H groups in total.